The van der Waals surface area contributed by atoms with Crippen molar-refractivity contribution < 1.29 is 0 Å². The SMILES string of the molecule is C[B]Cc1cccc(C)c1. The second-order valence-electron chi connectivity index (χ2n) is 2.60. The van der Waals surface area contributed by atoms with Gasteiger partial charge in [0, 0.05) is 0 Å². The Labute approximate surface area is 63.5 Å². The van der Waals surface area contributed by atoms with E-state index in [1.54, 1.807) is 0 Å². The van der Waals surface area contributed by atoms with Crippen LogP contribution in [0.15, 0.2) is 24.3 Å². The summed E-state index contributed by atoms with van der Waals surface area (Å²) in [6.45, 7) is 4.21. The zero-order valence-electron chi connectivity index (χ0n) is 6.59. The summed E-state index contributed by atoms with van der Waals surface area (Å²) in [6.07, 6.45) is 1.08. The van der Waals surface area contributed by atoms with Gasteiger partial charge in [-0.2, -0.15) is 0 Å². The van der Waals surface area contributed by atoms with Gasteiger partial charge in [0.15, 0.2) is 0 Å². The second kappa shape index (κ2) is 3.45. The summed E-state index contributed by atoms with van der Waals surface area (Å²) in [6, 6.07) is 8.61. The van der Waals surface area contributed by atoms with Crippen LogP contribution in [0, 0.1) is 6.92 Å². The predicted octanol–water partition coefficient (Wildman–Crippen LogP) is 2.25. The molecule has 10 heavy (non-hydrogen) atoms. The zero-order valence-corrected chi connectivity index (χ0v) is 6.59. The largest absolute Gasteiger partial charge is 0.111 e. The summed E-state index contributed by atoms with van der Waals surface area (Å²) in [5, 5.41) is 0. The van der Waals surface area contributed by atoms with Gasteiger partial charge < -0.3 is 0 Å². The third kappa shape index (κ3) is 1.91. The van der Waals surface area contributed by atoms with Gasteiger partial charge in [-0.05, 0) is 6.92 Å². The van der Waals surface area contributed by atoms with E-state index in [2.05, 4.69) is 45.3 Å². The molecular formula is C9H12B. The van der Waals surface area contributed by atoms with Gasteiger partial charge in [0.2, 0.25) is 0 Å². The molecular weight excluding hydrogens is 119 g/mol. The Hall–Kier alpha value is -0.715. The third-order valence-corrected chi connectivity index (χ3v) is 1.52. The van der Waals surface area contributed by atoms with E-state index in [1.165, 1.54) is 11.1 Å². The first kappa shape index (κ1) is 7.39. The standard InChI is InChI=1S/C9H12B/c1-8-4-3-5-9(6-8)7-10-2/h3-6H,7H2,1-2H3. The van der Waals surface area contributed by atoms with E-state index in [0.29, 0.717) is 0 Å². The van der Waals surface area contributed by atoms with Gasteiger partial charge in [-0.1, -0.05) is 48.5 Å². The molecule has 0 aromatic heterocycles. The van der Waals surface area contributed by atoms with Crippen molar-refractivity contribution in [3.8, 4) is 0 Å². The smallest absolute Gasteiger partial charge is 0.0917 e. The Kier molecular flexibility index (Phi) is 2.55. The maximum absolute atomic E-state index is 2.22. The van der Waals surface area contributed by atoms with E-state index in [-0.39, 0.29) is 0 Å². The van der Waals surface area contributed by atoms with Crippen molar-refractivity contribution in [2.45, 2.75) is 20.1 Å². The maximum Gasteiger partial charge on any atom is 0.111 e. The first-order chi connectivity index (χ1) is 4.83. The molecule has 0 nitrogen and oxygen atoms in total. The Balaban J connectivity index is 2.75. The van der Waals surface area contributed by atoms with Crippen molar-refractivity contribution in [2.24, 2.45) is 0 Å². The molecule has 1 rings (SSSR count). The minimum atomic E-state index is 1.08. The van der Waals surface area contributed by atoms with Crippen LogP contribution in [0.5, 0.6) is 0 Å². The highest BCUT2D eigenvalue weighted by Crippen LogP contribution is 2.03. The number of benzene rings is 1. The predicted molar refractivity (Wildman–Crippen MR) is 46.5 cm³/mol. The first-order valence-corrected chi connectivity index (χ1v) is 3.66. The molecule has 1 aromatic carbocycles. The minimum Gasteiger partial charge on any atom is -0.0917 e. The zero-order chi connectivity index (χ0) is 7.40. The van der Waals surface area contributed by atoms with E-state index in [4.69, 9.17) is 0 Å². The number of rotatable bonds is 2. The van der Waals surface area contributed by atoms with Gasteiger partial charge >= 0.3 is 0 Å². The van der Waals surface area contributed by atoms with Crippen LogP contribution in [0.4, 0.5) is 0 Å². The van der Waals surface area contributed by atoms with Crippen LogP contribution in [-0.2, 0) is 6.32 Å². The molecule has 0 atom stereocenters. The molecule has 0 aliphatic rings. The van der Waals surface area contributed by atoms with E-state index in [9.17, 15) is 0 Å². The van der Waals surface area contributed by atoms with Crippen molar-refractivity contribution in [1.29, 1.82) is 0 Å². The highest BCUT2D eigenvalue weighted by molar-refractivity contribution is 6.32. The maximum atomic E-state index is 2.22. The molecule has 0 fully saturated rings. The summed E-state index contributed by atoms with van der Waals surface area (Å²) >= 11 is 0. The summed E-state index contributed by atoms with van der Waals surface area (Å²) < 4.78 is 0. The minimum absolute atomic E-state index is 1.08. The Morgan fingerprint density at radius 2 is 2.20 bits per heavy atom. The Morgan fingerprint density at radius 1 is 1.40 bits per heavy atom. The topological polar surface area (TPSA) is 0 Å². The lowest BCUT2D eigenvalue weighted by Gasteiger charge is -1.97. The molecule has 1 radical (unpaired) electrons. The number of hydrogen-bond donors (Lipinski definition) is 0. The van der Waals surface area contributed by atoms with Crippen LogP contribution in [0.3, 0.4) is 0 Å². The fourth-order valence-electron chi connectivity index (χ4n) is 1.07. The van der Waals surface area contributed by atoms with Gasteiger partial charge in [-0.15, -0.1) is 0 Å². The van der Waals surface area contributed by atoms with Gasteiger partial charge in [-0.25, -0.2) is 0 Å². The molecule has 0 spiro atoms. The normalized spacial score (nSPS) is 9.40. The van der Waals surface area contributed by atoms with Crippen molar-refractivity contribution in [3.05, 3.63) is 35.4 Å². The van der Waals surface area contributed by atoms with Gasteiger partial charge in [0.1, 0.15) is 7.28 Å². The fraction of sp³-hybridized carbons (Fsp3) is 0.333. The lowest BCUT2D eigenvalue weighted by molar-refractivity contribution is 1.33. The molecule has 0 heterocycles. The van der Waals surface area contributed by atoms with E-state index >= 15 is 0 Å². The van der Waals surface area contributed by atoms with E-state index < -0.39 is 0 Å². The Morgan fingerprint density at radius 3 is 2.80 bits per heavy atom. The highest BCUT2D eigenvalue weighted by atomic mass is 13.9. The van der Waals surface area contributed by atoms with Crippen molar-refractivity contribution in [2.75, 3.05) is 0 Å². The molecule has 0 saturated heterocycles. The van der Waals surface area contributed by atoms with Crippen LogP contribution < -0.4 is 0 Å². The summed E-state index contributed by atoms with van der Waals surface area (Å²) in [4.78, 5) is 0. The van der Waals surface area contributed by atoms with Crippen LogP contribution >= 0.6 is 0 Å². The Bertz CT molecular complexity index is 206. The molecule has 51 valence electrons. The summed E-state index contributed by atoms with van der Waals surface area (Å²) in [5.74, 6) is 0. The fourth-order valence-corrected chi connectivity index (χ4v) is 1.07. The molecule has 0 aliphatic heterocycles. The summed E-state index contributed by atoms with van der Waals surface area (Å²) in [5.41, 5.74) is 2.75. The molecule has 0 aliphatic carbocycles. The van der Waals surface area contributed by atoms with Crippen LogP contribution in [-0.4, -0.2) is 7.28 Å². The van der Waals surface area contributed by atoms with Gasteiger partial charge in [0.05, 0.1) is 0 Å². The molecule has 1 heteroatoms. The average Bonchev–Trinajstić information content (AvgIpc) is 1.88. The van der Waals surface area contributed by atoms with Crippen molar-refractivity contribution in [1.82, 2.24) is 0 Å². The van der Waals surface area contributed by atoms with Crippen LogP contribution in [0.2, 0.25) is 6.82 Å². The highest BCUT2D eigenvalue weighted by Gasteiger charge is 1.89. The van der Waals surface area contributed by atoms with Crippen molar-refractivity contribution in [3.63, 3.8) is 0 Å². The monoisotopic (exact) mass is 131 g/mol. The number of aryl methyl sites for hydroxylation is 1. The molecule has 1 aromatic rings. The lowest BCUT2D eigenvalue weighted by Crippen LogP contribution is -1.90. The molecule has 0 N–H and O–H groups in total. The lowest BCUT2D eigenvalue weighted by atomic mass is 9.75. The molecule has 0 amide bonds. The first-order valence-electron chi connectivity index (χ1n) is 3.66. The molecule has 0 unspecified atom stereocenters. The van der Waals surface area contributed by atoms with E-state index in [1.807, 2.05) is 0 Å². The van der Waals surface area contributed by atoms with Gasteiger partial charge in [-0.3, -0.25) is 0 Å². The second-order valence-corrected chi connectivity index (χ2v) is 2.60. The average molecular weight is 131 g/mol. The quantitative estimate of drug-likeness (QED) is 0.540. The summed E-state index contributed by atoms with van der Waals surface area (Å²) in [7, 11) is 2.18. The van der Waals surface area contributed by atoms with Gasteiger partial charge in [0.25, 0.3) is 0 Å². The molecule has 0 saturated carbocycles. The van der Waals surface area contributed by atoms with Crippen LogP contribution in [0.25, 0.3) is 0 Å². The third-order valence-electron chi connectivity index (χ3n) is 1.52. The number of hydrogen-bond acceptors (Lipinski definition) is 0. The van der Waals surface area contributed by atoms with Crippen LogP contribution in [0.1, 0.15) is 11.1 Å². The molecule has 0 bridgehead atoms. The van der Waals surface area contributed by atoms with E-state index in [0.717, 1.165) is 6.32 Å². The van der Waals surface area contributed by atoms with Crippen molar-refractivity contribution >= 4 is 7.28 Å².